The van der Waals surface area contributed by atoms with Crippen molar-refractivity contribution in [1.82, 2.24) is 19.9 Å². The number of hydrogen-bond donors (Lipinski definition) is 0. The van der Waals surface area contributed by atoms with Gasteiger partial charge in [0.25, 0.3) is 0 Å². The molecule has 4 heterocycles. The first kappa shape index (κ1) is 31.7. The van der Waals surface area contributed by atoms with Crippen molar-refractivity contribution >= 4 is 23.8 Å². The van der Waals surface area contributed by atoms with Gasteiger partial charge in [0.05, 0.1) is 23.5 Å². The van der Waals surface area contributed by atoms with Crippen molar-refractivity contribution in [1.29, 1.82) is 5.26 Å². The summed E-state index contributed by atoms with van der Waals surface area (Å²) < 4.78 is 17.6. The molecular formula is C34H40N6O5. The molecule has 0 aromatic carbocycles. The van der Waals surface area contributed by atoms with E-state index in [4.69, 9.17) is 19.2 Å². The van der Waals surface area contributed by atoms with Crippen LogP contribution in [0.2, 0.25) is 0 Å². The van der Waals surface area contributed by atoms with E-state index in [1.54, 1.807) is 50.2 Å². The van der Waals surface area contributed by atoms with Gasteiger partial charge in [-0.2, -0.15) is 5.26 Å². The molecule has 3 aromatic heterocycles. The number of nitrogens with zero attached hydrogens (tertiary/aromatic N) is 6. The average molecular weight is 613 g/mol. The van der Waals surface area contributed by atoms with Gasteiger partial charge < -0.3 is 19.1 Å². The first-order valence-electron chi connectivity index (χ1n) is 15.3. The first-order chi connectivity index (χ1) is 21.3. The zero-order chi connectivity index (χ0) is 32.4. The smallest absolute Gasteiger partial charge is 0.421 e. The first-order valence-corrected chi connectivity index (χ1v) is 15.3. The van der Waals surface area contributed by atoms with Crippen molar-refractivity contribution in [3.05, 3.63) is 60.0 Å². The summed E-state index contributed by atoms with van der Waals surface area (Å²) in [5.41, 5.74) is 1.45. The summed E-state index contributed by atoms with van der Waals surface area (Å²) in [6, 6.07) is 11.0. The third kappa shape index (κ3) is 8.47. The Hall–Kier alpha value is -4.72. The summed E-state index contributed by atoms with van der Waals surface area (Å²) in [6.07, 6.45) is 7.25. The van der Waals surface area contributed by atoms with Crippen molar-refractivity contribution in [2.45, 2.75) is 90.4 Å². The maximum Gasteiger partial charge on any atom is 0.421 e. The molecule has 0 spiro atoms. The molecule has 1 saturated carbocycles. The van der Waals surface area contributed by atoms with Gasteiger partial charge >= 0.3 is 12.2 Å². The summed E-state index contributed by atoms with van der Waals surface area (Å²) in [4.78, 5) is 42.8. The van der Waals surface area contributed by atoms with E-state index in [0.29, 0.717) is 54.7 Å². The predicted octanol–water partition coefficient (Wildman–Crippen LogP) is 7.14. The predicted molar refractivity (Wildman–Crippen MR) is 168 cm³/mol. The SMILES string of the molecule is CC(C)(C)OC(=O)N1CCC(Oc2cncc(-c3cc(C4CC4)cc(N(C(=O)OC(C)(C)C)c4cc(C#N)ccn4)n3)c2)CC1. The summed E-state index contributed by atoms with van der Waals surface area (Å²) in [7, 11) is 0. The molecule has 1 aliphatic carbocycles. The van der Waals surface area contributed by atoms with Crippen LogP contribution < -0.4 is 9.64 Å². The Kier molecular flexibility index (Phi) is 8.96. The molecule has 2 amide bonds. The van der Waals surface area contributed by atoms with Crippen LogP contribution in [0.15, 0.2) is 48.9 Å². The van der Waals surface area contributed by atoms with Crippen molar-refractivity contribution in [2.75, 3.05) is 18.0 Å². The molecule has 1 saturated heterocycles. The van der Waals surface area contributed by atoms with E-state index < -0.39 is 17.3 Å². The maximum atomic E-state index is 13.6. The van der Waals surface area contributed by atoms with Crippen LogP contribution in [-0.2, 0) is 9.47 Å². The molecule has 11 nitrogen and oxygen atoms in total. The Balaban J connectivity index is 1.41. The van der Waals surface area contributed by atoms with E-state index in [1.807, 2.05) is 39.0 Å². The van der Waals surface area contributed by atoms with E-state index in [0.717, 1.165) is 24.0 Å². The zero-order valence-corrected chi connectivity index (χ0v) is 26.7. The third-order valence-electron chi connectivity index (χ3n) is 7.20. The van der Waals surface area contributed by atoms with Crippen molar-refractivity contribution in [2.24, 2.45) is 0 Å². The second-order valence-corrected chi connectivity index (χ2v) is 13.4. The van der Waals surface area contributed by atoms with Gasteiger partial charge in [-0.05, 0) is 96.2 Å². The summed E-state index contributed by atoms with van der Waals surface area (Å²) in [6.45, 7) is 12.0. The van der Waals surface area contributed by atoms with Gasteiger partial charge in [0.2, 0.25) is 0 Å². The second kappa shape index (κ2) is 12.7. The van der Waals surface area contributed by atoms with E-state index in [-0.39, 0.29) is 18.0 Å². The summed E-state index contributed by atoms with van der Waals surface area (Å²) >= 11 is 0. The molecule has 1 aliphatic heterocycles. The number of likely N-dealkylation sites (tertiary alicyclic amines) is 1. The zero-order valence-electron chi connectivity index (χ0n) is 26.7. The fourth-order valence-corrected chi connectivity index (χ4v) is 4.97. The summed E-state index contributed by atoms with van der Waals surface area (Å²) in [5.74, 6) is 1.53. The Labute approximate surface area is 264 Å². The molecule has 5 rings (SSSR count). The Morgan fingerprint density at radius 3 is 2.29 bits per heavy atom. The molecule has 0 N–H and O–H groups in total. The minimum absolute atomic E-state index is 0.0804. The van der Waals surface area contributed by atoms with Gasteiger partial charge in [-0.1, -0.05) is 0 Å². The minimum Gasteiger partial charge on any atom is -0.489 e. The largest absolute Gasteiger partial charge is 0.489 e. The van der Waals surface area contributed by atoms with Gasteiger partial charge in [-0.25, -0.2) is 24.5 Å². The number of nitriles is 1. The van der Waals surface area contributed by atoms with Gasteiger partial charge in [-0.3, -0.25) is 4.98 Å². The Bertz CT molecular complexity index is 1590. The van der Waals surface area contributed by atoms with Crippen LogP contribution in [0.4, 0.5) is 21.2 Å². The topological polar surface area (TPSA) is 131 Å². The van der Waals surface area contributed by atoms with E-state index >= 15 is 0 Å². The third-order valence-corrected chi connectivity index (χ3v) is 7.20. The number of aromatic nitrogens is 3. The molecule has 2 aliphatic rings. The van der Waals surface area contributed by atoms with Crippen LogP contribution in [-0.4, -0.2) is 62.4 Å². The van der Waals surface area contributed by atoms with Crippen LogP contribution in [0.1, 0.15) is 84.3 Å². The van der Waals surface area contributed by atoms with Crippen molar-refractivity contribution < 1.29 is 23.8 Å². The molecule has 0 atom stereocenters. The molecule has 236 valence electrons. The highest BCUT2D eigenvalue weighted by Crippen LogP contribution is 2.43. The number of piperidine rings is 1. The quantitative estimate of drug-likeness (QED) is 0.285. The standard InChI is InChI=1S/C34H40N6O5/c1-33(2,3)44-31(41)39-13-10-26(11-14-39)43-27-16-25(20-36-21-27)28-17-24(23-7-8-23)18-30(38-28)40(32(42)45-34(4,5)6)29-15-22(19-35)9-12-37-29/h9,12,15-18,20-21,23,26H,7-8,10-11,13-14H2,1-6H3. The molecule has 2 fully saturated rings. The number of hydrogen-bond acceptors (Lipinski definition) is 9. The lowest BCUT2D eigenvalue weighted by Gasteiger charge is -2.33. The van der Waals surface area contributed by atoms with E-state index in [9.17, 15) is 14.9 Å². The number of rotatable bonds is 6. The maximum absolute atomic E-state index is 13.6. The lowest BCUT2D eigenvalue weighted by molar-refractivity contribution is 0.0126. The van der Waals surface area contributed by atoms with Crippen LogP contribution in [0, 0.1) is 11.3 Å². The van der Waals surface area contributed by atoms with E-state index in [2.05, 4.69) is 16.0 Å². The normalized spacial score (nSPS) is 15.6. The summed E-state index contributed by atoms with van der Waals surface area (Å²) in [5, 5.41) is 9.51. The molecular weight excluding hydrogens is 572 g/mol. The highest BCUT2D eigenvalue weighted by molar-refractivity contribution is 5.94. The molecule has 0 radical (unpaired) electrons. The molecule has 0 bridgehead atoms. The molecule has 0 unspecified atom stereocenters. The highest BCUT2D eigenvalue weighted by atomic mass is 16.6. The van der Waals surface area contributed by atoms with Crippen LogP contribution in [0.5, 0.6) is 5.75 Å². The van der Waals surface area contributed by atoms with Gasteiger partial charge in [0.1, 0.15) is 34.7 Å². The minimum atomic E-state index is -0.766. The second-order valence-electron chi connectivity index (χ2n) is 13.4. The number of pyridine rings is 3. The van der Waals surface area contributed by atoms with Crippen LogP contribution >= 0.6 is 0 Å². The van der Waals surface area contributed by atoms with Crippen molar-refractivity contribution in [3.63, 3.8) is 0 Å². The number of carbonyl (C=O) groups is 2. The molecule has 3 aromatic rings. The highest BCUT2D eigenvalue weighted by Gasteiger charge is 2.31. The van der Waals surface area contributed by atoms with Gasteiger partial charge in [0, 0.05) is 43.9 Å². The lowest BCUT2D eigenvalue weighted by Crippen LogP contribution is -2.44. The molecule has 45 heavy (non-hydrogen) atoms. The number of anilines is 2. The Morgan fingerprint density at radius 2 is 1.64 bits per heavy atom. The fraction of sp³-hybridized carbons (Fsp3) is 0.471. The Morgan fingerprint density at radius 1 is 0.933 bits per heavy atom. The molecule has 11 heteroatoms. The van der Waals surface area contributed by atoms with E-state index in [1.165, 1.54) is 11.1 Å². The van der Waals surface area contributed by atoms with Gasteiger partial charge in [-0.15, -0.1) is 0 Å². The monoisotopic (exact) mass is 612 g/mol. The van der Waals surface area contributed by atoms with Crippen LogP contribution in [0.3, 0.4) is 0 Å². The number of amides is 2. The lowest BCUT2D eigenvalue weighted by atomic mass is 10.1. The van der Waals surface area contributed by atoms with Crippen LogP contribution in [0.25, 0.3) is 11.3 Å². The van der Waals surface area contributed by atoms with Gasteiger partial charge in [0.15, 0.2) is 0 Å². The fourth-order valence-electron chi connectivity index (χ4n) is 4.97. The number of ether oxygens (including phenoxy) is 3. The average Bonchev–Trinajstić information content (AvgIpc) is 3.82. The number of carbonyl (C=O) groups excluding carboxylic acids is 2. The van der Waals surface area contributed by atoms with Crippen molar-refractivity contribution in [3.8, 4) is 23.1 Å².